The molecule has 1 unspecified atom stereocenters. The Morgan fingerprint density at radius 1 is 0.824 bits per heavy atom. The Labute approximate surface area is 108 Å². The molecule has 0 aliphatic carbocycles. The lowest BCUT2D eigenvalue weighted by atomic mass is 10.0. The Morgan fingerprint density at radius 2 is 1.41 bits per heavy atom. The summed E-state index contributed by atoms with van der Waals surface area (Å²) in [6, 6.07) is 0. The van der Waals surface area contributed by atoms with Gasteiger partial charge in [-0.15, -0.1) is 0 Å². The second-order valence-corrected chi connectivity index (χ2v) is 5.61. The first-order valence-electron chi connectivity index (χ1n) is 8.05. The minimum Gasteiger partial charge on any atom is -0.378 e. The molecule has 0 N–H and O–H groups in total. The second-order valence-electron chi connectivity index (χ2n) is 5.61. The maximum atomic E-state index is 5.64. The summed E-state index contributed by atoms with van der Waals surface area (Å²) < 4.78 is 5.64. The Morgan fingerprint density at radius 3 is 1.94 bits per heavy atom. The van der Waals surface area contributed by atoms with E-state index in [0.29, 0.717) is 6.10 Å². The molecule has 1 nitrogen and oxygen atoms in total. The topological polar surface area (TPSA) is 9.23 Å². The van der Waals surface area contributed by atoms with Gasteiger partial charge >= 0.3 is 0 Å². The highest BCUT2D eigenvalue weighted by Crippen LogP contribution is 2.19. The minimum absolute atomic E-state index is 0.615. The van der Waals surface area contributed by atoms with E-state index in [2.05, 4.69) is 6.92 Å². The molecule has 0 spiro atoms. The minimum atomic E-state index is 0.615. The largest absolute Gasteiger partial charge is 0.378 e. The first-order valence-corrected chi connectivity index (χ1v) is 8.05. The molecule has 1 heteroatoms. The van der Waals surface area contributed by atoms with Crippen molar-refractivity contribution in [1.29, 1.82) is 0 Å². The van der Waals surface area contributed by atoms with Crippen LogP contribution in [0.4, 0.5) is 0 Å². The van der Waals surface area contributed by atoms with E-state index >= 15 is 0 Å². The Kier molecular flexibility index (Phi) is 9.78. The molecule has 1 aliphatic rings. The van der Waals surface area contributed by atoms with Crippen LogP contribution < -0.4 is 0 Å². The predicted octanol–water partition coefficient (Wildman–Crippen LogP) is 5.48. The van der Waals surface area contributed by atoms with Crippen LogP contribution >= 0.6 is 0 Å². The molecular formula is C16H32O. The third-order valence-corrected chi connectivity index (χ3v) is 3.90. The summed E-state index contributed by atoms with van der Waals surface area (Å²) in [5.41, 5.74) is 0. The molecule has 0 aromatic rings. The molecule has 0 radical (unpaired) electrons. The van der Waals surface area contributed by atoms with Crippen molar-refractivity contribution in [3.63, 3.8) is 0 Å². The normalized spacial score (nSPS) is 19.9. The van der Waals surface area contributed by atoms with E-state index in [1.54, 1.807) is 0 Å². The second kappa shape index (κ2) is 11.1. The van der Waals surface area contributed by atoms with Gasteiger partial charge < -0.3 is 4.74 Å². The van der Waals surface area contributed by atoms with Crippen molar-refractivity contribution in [2.75, 3.05) is 6.61 Å². The van der Waals surface area contributed by atoms with Gasteiger partial charge in [-0.2, -0.15) is 0 Å². The first-order chi connectivity index (χ1) is 8.43. The van der Waals surface area contributed by atoms with E-state index in [1.165, 1.54) is 83.5 Å². The molecule has 1 fully saturated rings. The van der Waals surface area contributed by atoms with E-state index in [0.717, 1.165) is 6.61 Å². The average molecular weight is 240 g/mol. The summed E-state index contributed by atoms with van der Waals surface area (Å²) in [6.45, 7) is 3.30. The van der Waals surface area contributed by atoms with Crippen molar-refractivity contribution >= 4 is 0 Å². The van der Waals surface area contributed by atoms with Gasteiger partial charge in [-0.3, -0.25) is 0 Å². The van der Waals surface area contributed by atoms with Gasteiger partial charge in [0.1, 0.15) is 0 Å². The van der Waals surface area contributed by atoms with Gasteiger partial charge in [0, 0.05) is 6.61 Å². The number of unbranched alkanes of at least 4 members (excludes halogenated alkanes) is 9. The zero-order valence-corrected chi connectivity index (χ0v) is 11.9. The van der Waals surface area contributed by atoms with E-state index in [1.807, 2.05) is 0 Å². The van der Waals surface area contributed by atoms with E-state index in [9.17, 15) is 0 Å². The maximum absolute atomic E-state index is 5.64. The van der Waals surface area contributed by atoms with Gasteiger partial charge in [-0.1, -0.05) is 71.1 Å². The molecule has 0 aromatic carbocycles. The summed E-state index contributed by atoms with van der Waals surface area (Å²) in [5, 5.41) is 0. The first kappa shape index (κ1) is 15.0. The van der Waals surface area contributed by atoms with Crippen molar-refractivity contribution < 1.29 is 4.74 Å². The molecule has 102 valence electrons. The van der Waals surface area contributed by atoms with Gasteiger partial charge in [-0.05, 0) is 19.3 Å². The molecule has 1 atom stereocenters. The summed E-state index contributed by atoms with van der Waals surface area (Å²) in [6.07, 6.45) is 18.9. The van der Waals surface area contributed by atoms with Crippen LogP contribution in [-0.4, -0.2) is 12.7 Å². The van der Waals surface area contributed by atoms with Crippen molar-refractivity contribution in [3.05, 3.63) is 0 Å². The van der Waals surface area contributed by atoms with Crippen molar-refractivity contribution in [3.8, 4) is 0 Å². The third kappa shape index (κ3) is 8.65. The van der Waals surface area contributed by atoms with Gasteiger partial charge in [0.25, 0.3) is 0 Å². The van der Waals surface area contributed by atoms with Gasteiger partial charge in [0.15, 0.2) is 0 Å². The van der Waals surface area contributed by atoms with E-state index in [4.69, 9.17) is 4.74 Å². The predicted molar refractivity (Wildman–Crippen MR) is 75.4 cm³/mol. The zero-order chi connectivity index (χ0) is 12.2. The summed E-state index contributed by atoms with van der Waals surface area (Å²) >= 11 is 0. The number of hydrogen-bond donors (Lipinski definition) is 0. The average Bonchev–Trinajstić information content (AvgIpc) is 2.85. The van der Waals surface area contributed by atoms with Crippen LogP contribution in [-0.2, 0) is 4.74 Å². The van der Waals surface area contributed by atoms with Gasteiger partial charge in [-0.25, -0.2) is 0 Å². The smallest absolute Gasteiger partial charge is 0.0576 e. The summed E-state index contributed by atoms with van der Waals surface area (Å²) in [4.78, 5) is 0. The fourth-order valence-corrected chi connectivity index (χ4v) is 2.73. The SMILES string of the molecule is CCCCCCCCCCCCC1CCCO1. The molecule has 1 heterocycles. The van der Waals surface area contributed by atoms with Crippen LogP contribution in [0.25, 0.3) is 0 Å². The van der Waals surface area contributed by atoms with Crippen LogP contribution in [0.2, 0.25) is 0 Å². The lowest BCUT2D eigenvalue weighted by Gasteiger charge is -2.08. The molecule has 0 saturated carbocycles. The summed E-state index contributed by atoms with van der Waals surface area (Å²) in [5.74, 6) is 0. The Bertz CT molecular complexity index is 150. The van der Waals surface area contributed by atoms with E-state index in [-0.39, 0.29) is 0 Å². The fourth-order valence-electron chi connectivity index (χ4n) is 2.73. The molecule has 1 aliphatic heterocycles. The lowest BCUT2D eigenvalue weighted by Crippen LogP contribution is -2.03. The number of hydrogen-bond acceptors (Lipinski definition) is 1. The zero-order valence-electron chi connectivity index (χ0n) is 11.9. The molecule has 17 heavy (non-hydrogen) atoms. The quantitative estimate of drug-likeness (QED) is 0.435. The highest BCUT2D eigenvalue weighted by Gasteiger charge is 2.14. The van der Waals surface area contributed by atoms with Crippen LogP contribution in [0.15, 0.2) is 0 Å². The Balaban J connectivity index is 1.69. The van der Waals surface area contributed by atoms with Gasteiger partial charge in [0.2, 0.25) is 0 Å². The van der Waals surface area contributed by atoms with Crippen molar-refractivity contribution in [1.82, 2.24) is 0 Å². The number of ether oxygens (including phenoxy) is 1. The summed E-state index contributed by atoms with van der Waals surface area (Å²) in [7, 11) is 0. The molecular weight excluding hydrogens is 208 g/mol. The van der Waals surface area contributed by atoms with Crippen LogP contribution in [0.5, 0.6) is 0 Å². The Hall–Kier alpha value is -0.0400. The molecule has 1 rings (SSSR count). The van der Waals surface area contributed by atoms with Crippen LogP contribution in [0.3, 0.4) is 0 Å². The highest BCUT2D eigenvalue weighted by molar-refractivity contribution is 4.64. The maximum Gasteiger partial charge on any atom is 0.0576 e. The fraction of sp³-hybridized carbons (Fsp3) is 1.00. The van der Waals surface area contributed by atoms with Crippen molar-refractivity contribution in [2.45, 2.75) is 96.5 Å². The van der Waals surface area contributed by atoms with E-state index < -0.39 is 0 Å². The van der Waals surface area contributed by atoms with Crippen molar-refractivity contribution in [2.24, 2.45) is 0 Å². The lowest BCUT2D eigenvalue weighted by molar-refractivity contribution is 0.102. The standard InChI is InChI=1S/C16H32O/c1-2-3-4-5-6-7-8-9-10-11-13-16-14-12-15-17-16/h16H,2-15H2,1H3. The molecule has 0 aromatic heterocycles. The van der Waals surface area contributed by atoms with Crippen LogP contribution in [0.1, 0.15) is 90.4 Å². The third-order valence-electron chi connectivity index (χ3n) is 3.90. The van der Waals surface area contributed by atoms with Gasteiger partial charge in [0.05, 0.1) is 6.10 Å². The molecule has 1 saturated heterocycles. The monoisotopic (exact) mass is 240 g/mol. The van der Waals surface area contributed by atoms with Crippen LogP contribution in [0, 0.1) is 0 Å². The highest BCUT2D eigenvalue weighted by atomic mass is 16.5. The molecule has 0 amide bonds. The number of rotatable bonds is 11. The molecule has 0 bridgehead atoms.